The number of anilines is 5. The monoisotopic (exact) mass is 389 g/mol. The highest BCUT2D eigenvalue weighted by molar-refractivity contribution is 5.95. The van der Waals surface area contributed by atoms with Gasteiger partial charge in [-0.2, -0.15) is 0 Å². The molecule has 0 radical (unpaired) electrons. The Morgan fingerprint density at radius 3 is 2.34 bits per heavy atom. The van der Waals surface area contributed by atoms with E-state index in [2.05, 4.69) is 64.5 Å². The van der Waals surface area contributed by atoms with Crippen molar-refractivity contribution in [2.24, 2.45) is 0 Å². The van der Waals surface area contributed by atoms with Gasteiger partial charge in [-0.1, -0.05) is 12.1 Å². The lowest BCUT2D eigenvalue weighted by atomic mass is 10.1. The van der Waals surface area contributed by atoms with E-state index in [4.69, 9.17) is 0 Å². The van der Waals surface area contributed by atoms with Gasteiger partial charge in [0.1, 0.15) is 18.0 Å². The Morgan fingerprint density at radius 1 is 0.966 bits per heavy atom. The van der Waals surface area contributed by atoms with Crippen LogP contribution in [0.3, 0.4) is 0 Å². The first-order valence-electron chi connectivity index (χ1n) is 9.82. The van der Waals surface area contributed by atoms with Crippen molar-refractivity contribution in [2.75, 3.05) is 28.6 Å². The Balaban J connectivity index is 1.76. The molecule has 150 valence electrons. The van der Waals surface area contributed by atoms with Crippen molar-refractivity contribution < 1.29 is 4.79 Å². The van der Waals surface area contributed by atoms with E-state index in [9.17, 15) is 4.79 Å². The number of Topliss-reactive ketones (excluding diaryl/α,β-unsaturated/α-hetero) is 1. The highest BCUT2D eigenvalue weighted by Crippen LogP contribution is 2.26. The molecule has 29 heavy (non-hydrogen) atoms. The van der Waals surface area contributed by atoms with Crippen LogP contribution >= 0.6 is 0 Å². The molecular formula is C23H27N5O. The summed E-state index contributed by atoms with van der Waals surface area (Å²) < 4.78 is 0. The maximum Gasteiger partial charge on any atom is 0.159 e. The zero-order valence-electron chi connectivity index (χ0n) is 17.4. The van der Waals surface area contributed by atoms with Gasteiger partial charge < -0.3 is 15.5 Å². The molecule has 0 aliphatic heterocycles. The van der Waals surface area contributed by atoms with Crippen molar-refractivity contribution >= 4 is 34.5 Å². The quantitative estimate of drug-likeness (QED) is 0.508. The molecule has 0 aliphatic carbocycles. The fourth-order valence-electron chi connectivity index (χ4n) is 3.17. The number of aryl methyl sites for hydroxylation is 1. The van der Waals surface area contributed by atoms with E-state index in [1.807, 2.05) is 24.3 Å². The number of nitrogens with zero attached hydrogens (tertiary/aromatic N) is 3. The Morgan fingerprint density at radius 2 is 1.69 bits per heavy atom. The van der Waals surface area contributed by atoms with Gasteiger partial charge in [-0.05, 0) is 63.6 Å². The van der Waals surface area contributed by atoms with E-state index in [1.165, 1.54) is 12.0 Å². The van der Waals surface area contributed by atoms with Gasteiger partial charge in [0.15, 0.2) is 5.78 Å². The number of benzene rings is 2. The summed E-state index contributed by atoms with van der Waals surface area (Å²) in [6.07, 6.45) is 1.51. The summed E-state index contributed by atoms with van der Waals surface area (Å²) in [6, 6.07) is 15.6. The van der Waals surface area contributed by atoms with Crippen LogP contribution < -0.4 is 15.5 Å². The molecule has 0 atom stereocenters. The molecule has 0 aliphatic rings. The van der Waals surface area contributed by atoms with Crippen molar-refractivity contribution in [1.82, 2.24) is 9.97 Å². The summed E-state index contributed by atoms with van der Waals surface area (Å²) in [4.78, 5) is 22.5. The predicted octanol–water partition coefficient (Wildman–Crippen LogP) is 5.32. The van der Waals surface area contributed by atoms with E-state index in [0.717, 1.165) is 30.0 Å². The van der Waals surface area contributed by atoms with Crippen LogP contribution in [0.1, 0.15) is 36.7 Å². The molecule has 2 aromatic carbocycles. The minimum atomic E-state index is 0.0299. The average molecular weight is 390 g/mol. The largest absolute Gasteiger partial charge is 0.372 e. The predicted molar refractivity (Wildman–Crippen MR) is 120 cm³/mol. The zero-order valence-corrected chi connectivity index (χ0v) is 17.4. The van der Waals surface area contributed by atoms with Crippen molar-refractivity contribution in [3.63, 3.8) is 0 Å². The summed E-state index contributed by atoms with van der Waals surface area (Å²) >= 11 is 0. The summed E-state index contributed by atoms with van der Waals surface area (Å²) in [7, 11) is 0. The molecule has 2 N–H and O–H groups in total. The number of nitrogens with one attached hydrogen (secondary N) is 2. The summed E-state index contributed by atoms with van der Waals surface area (Å²) in [6.45, 7) is 9.92. The van der Waals surface area contributed by atoms with Crippen LogP contribution in [0.2, 0.25) is 0 Å². The van der Waals surface area contributed by atoms with Crippen LogP contribution in [0.25, 0.3) is 0 Å². The van der Waals surface area contributed by atoms with Crippen molar-refractivity contribution in [1.29, 1.82) is 0 Å². The van der Waals surface area contributed by atoms with Crippen LogP contribution in [0.4, 0.5) is 28.7 Å². The number of aromatic nitrogens is 2. The average Bonchev–Trinajstić information content (AvgIpc) is 2.71. The first kappa shape index (κ1) is 20.3. The SMILES string of the molecule is CCN(CC)c1ccc(Nc2cc(Nc3cccc(C(C)=O)c3)ncn2)c(C)c1. The molecule has 0 unspecified atom stereocenters. The molecule has 6 nitrogen and oxygen atoms in total. The standard InChI is InChI=1S/C23H27N5O/c1-5-28(6-2)20-10-11-21(16(3)12-20)27-23-14-22(24-15-25-23)26-19-9-7-8-18(13-19)17(4)29/h7-15H,5-6H2,1-4H3,(H2,24,25,26,27). The molecule has 0 amide bonds. The molecule has 1 heterocycles. The third-order valence-electron chi connectivity index (χ3n) is 4.81. The summed E-state index contributed by atoms with van der Waals surface area (Å²) in [5.41, 5.74) is 4.84. The number of carbonyl (C=O) groups excluding carboxylic acids is 1. The van der Waals surface area contributed by atoms with Gasteiger partial charge in [-0.3, -0.25) is 4.79 Å². The van der Waals surface area contributed by atoms with Crippen LogP contribution in [0.15, 0.2) is 54.9 Å². The third-order valence-corrected chi connectivity index (χ3v) is 4.81. The van der Waals surface area contributed by atoms with Crippen LogP contribution in [0.5, 0.6) is 0 Å². The molecule has 0 spiro atoms. The lowest BCUT2D eigenvalue weighted by Gasteiger charge is -2.22. The van der Waals surface area contributed by atoms with Gasteiger partial charge in [0.25, 0.3) is 0 Å². The van der Waals surface area contributed by atoms with Gasteiger partial charge in [-0.15, -0.1) is 0 Å². The maximum atomic E-state index is 11.6. The van der Waals surface area contributed by atoms with Gasteiger partial charge in [0.2, 0.25) is 0 Å². The van der Waals surface area contributed by atoms with Gasteiger partial charge in [0, 0.05) is 41.8 Å². The number of hydrogen-bond donors (Lipinski definition) is 2. The van der Waals surface area contributed by atoms with Gasteiger partial charge in [0.05, 0.1) is 0 Å². The van der Waals surface area contributed by atoms with E-state index >= 15 is 0 Å². The van der Waals surface area contributed by atoms with Crippen molar-refractivity contribution in [3.05, 3.63) is 66.0 Å². The normalized spacial score (nSPS) is 10.5. The van der Waals surface area contributed by atoms with Crippen molar-refractivity contribution in [3.8, 4) is 0 Å². The highest BCUT2D eigenvalue weighted by Gasteiger charge is 2.07. The molecule has 0 saturated carbocycles. The molecule has 0 bridgehead atoms. The first-order chi connectivity index (χ1) is 14.0. The zero-order chi connectivity index (χ0) is 20.8. The van der Waals surface area contributed by atoms with E-state index < -0.39 is 0 Å². The molecular weight excluding hydrogens is 362 g/mol. The van der Waals surface area contributed by atoms with E-state index in [1.54, 1.807) is 13.0 Å². The molecule has 6 heteroatoms. The summed E-state index contributed by atoms with van der Waals surface area (Å²) in [5.74, 6) is 1.38. The molecule has 1 aromatic heterocycles. The molecule has 0 saturated heterocycles. The maximum absolute atomic E-state index is 11.6. The van der Waals surface area contributed by atoms with Crippen LogP contribution in [0, 0.1) is 6.92 Å². The van der Waals surface area contributed by atoms with Gasteiger partial charge >= 0.3 is 0 Å². The smallest absolute Gasteiger partial charge is 0.159 e. The number of rotatable bonds is 8. The van der Waals surface area contributed by atoms with Gasteiger partial charge in [-0.25, -0.2) is 9.97 Å². The number of ketones is 1. The van der Waals surface area contributed by atoms with E-state index in [-0.39, 0.29) is 5.78 Å². The fourth-order valence-corrected chi connectivity index (χ4v) is 3.17. The second-order valence-electron chi connectivity index (χ2n) is 6.85. The second kappa shape index (κ2) is 9.19. The lowest BCUT2D eigenvalue weighted by molar-refractivity contribution is 0.101. The highest BCUT2D eigenvalue weighted by atomic mass is 16.1. The Labute approximate surface area is 172 Å². The summed E-state index contributed by atoms with van der Waals surface area (Å²) in [5, 5.41) is 6.60. The molecule has 3 aromatic rings. The van der Waals surface area contributed by atoms with Crippen molar-refractivity contribution in [2.45, 2.75) is 27.7 Å². The second-order valence-corrected chi connectivity index (χ2v) is 6.85. The Kier molecular flexibility index (Phi) is 6.44. The minimum absolute atomic E-state index is 0.0299. The minimum Gasteiger partial charge on any atom is -0.372 e. The number of carbonyl (C=O) groups is 1. The Bertz CT molecular complexity index is 998. The number of hydrogen-bond acceptors (Lipinski definition) is 6. The van der Waals surface area contributed by atoms with Crippen LogP contribution in [-0.2, 0) is 0 Å². The molecule has 3 rings (SSSR count). The topological polar surface area (TPSA) is 70.2 Å². The first-order valence-corrected chi connectivity index (χ1v) is 9.82. The Hall–Kier alpha value is -3.41. The third kappa shape index (κ3) is 5.10. The fraction of sp³-hybridized carbons (Fsp3) is 0.261. The lowest BCUT2D eigenvalue weighted by Crippen LogP contribution is -2.21. The van der Waals surface area contributed by atoms with Crippen LogP contribution in [-0.4, -0.2) is 28.8 Å². The van der Waals surface area contributed by atoms with E-state index in [0.29, 0.717) is 17.2 Å². The molecule has 0 fully saturated rings.